The van der Waals surface area contributed by atoms with Crippen molar-refractivity contribution in [1.29, 1.82) is 0 Å². The summed E-state index contributed by atoms with van der Waals surface area (Å²) in [4.78, 5) is 48.2. The minimum atomic E-state index is -0.909. The first-order valence-corrected chi connectivity index (χ1v) is 10.6. The normalized spacial score (nSPS) is 13.4. The smallest absolute Gasteiger partial charge is 0.408 e. The zero-order valence-electron chi connectivity index (χ0n) is 20.0. The van der Waals surface area contributed by atoms with Gasteiger partial charge < -0.3 is 30.2 Å². The third-order valence-corrected chi connectivity index (χ3v) is 3.59. The van der Waals surface area contributed by atoms with E-state index < -0.39 is 47.3 Å². The molecule has 0 aliphatic carbocycles. The van der Waals surface area contributed by atoms with E-state index >= 15 is 0 Å². The first-order valence-electron chi connectivity index (χ1n) is 10.6. The second kappa shape index (κ2) is 13.0. The molecule has 3 N–H and O–H groups in total. The lowest BCUT2D eigenvalue weighted by molar-refractivity contribution is -0.147. The van der Waals surface area contributed by atoms with Crippen molar-refractivity contribution in [1.82, 2.24) is 16.0 Å². The third kappa shape index (κ3) is 15.0. The van der Waals surface area contributed by atoms with Gasteiger partial charge in [0.1, 0.15) is 23.3 Å². The van der Waals surface area contributed by atoms with Crippen LogP contribution in [0.15, 0.2) is 0 Å². The fourth-order valence-corrected chi connectivity index (χ4v) is 2.34. The van der Waals surface area contributed by atoms with E-state index in [0.29, 0.717) is 19.4 Å². The maximum atomic E-state index is 12.6. The van der Waals surface area contributed by atoms with Crippen molar-refractivity contribution in [2.24, 2.45) is 0 Å². The van der Waals surface area contributed by atoms with Crippen LogP contribution in [-0.2, 0) is 23.8 Å². The molecule has 0 bridgehead atoms. The van der Waals surface area contributed by atoms with Gasteiger partial charge in [-0.05, 0) is 74.7 Å². The lowest BCUT2D eigenvalue weighted by atomic mass is 10.1. The predicted octanol–water partition coefficient (Wildman–Crippen LogP) is 2.64. The van der Waals surface area contributed by atoms with Crippen LogP contribution >= 0.6 is 0 Å². The zero-order valence-corrected chi connectivity index (χ0v) is 20.0. The van der Waals surface area contributed by atoms with Gasteiger partial charge in [-0.25, -0.2) is 14.4 Å². The molecule has 0 rings (SSSR count). The highest BCUT2D eigenvalue weighted by Gasteiger charge is 2.27. The number of rotatable bonds is 10. The molecule has 0 aromatic carbocycles. The van der Waals surface area contributed by atoms with Crippen LogP contribution in [0.3, 0.4) is 0 Å². The van der Waals surface area contributed by atoms with E-state index in [4.69, 9.17) is 14.2 Å². The highest BCUT2D eigenvalue weighted by atomic mass is 16.6. The molecule has 0 aliphatic rings. The Bertz CT molecular complexity index is 609. The van der Waals surface area contributed by atoms with E-state index in [-0.39, 0.29) is 13.0 Å². The van der Waals surface area contributed by atoms with Gasteiger partial charge in [0.05, 0.1) is 6.61 Å². The van der Waals surface area contributed by atoms with Crippen LogP contribution in [0.5, 0.6) is 0 Å². The second-order valence-corrected chi connectivity index (χ2v) is 9.11. The summed E-state index contributed by atoms with van der Waals surface area (Å²) in [6, 6.07) is -1.77. The average Bonchev–Trinajstić information content (AvgIpc) is 2.57. The predicted molar refractivity (Wildman–Crippen MR) is 115 cm³/mol. The number of amides is 3. The number of esters is 1. The molecule has 0 aromatic rings. The largest absolute Gasteiger partial charge is 0.464 e. The van der Waals surface area contributed by atoms with Crippen LogP contribution in [0.2, 0.25) is 0 Å². The molecular formula is C21H39N3O7. The van der Waals surface area contributed by atoms with Gasteiger partial charge in [0, 0.05) is 6.54 Å². The van der Waals surface area contributed by atoms with E-state index in [2.05, 4.69) is 16.0 Å². The topological polar surface area (TPSA) is 132 Å². The van der Waals surface area contributed by atoms with E-state index in [0.717, 1.165) is 0 Å². The number of carbonyl (C=O) groups excluding carboxylic acids is 4. The number of alkyl carbamates (subject to hydrolysis) is 2. The Kier molecular flexibility index (Phi) is 12.0. The first kappa shape index (κ1) is 28.5. The minimum Gasteiger partial charge on any atom is -0.464 e. The van der Waals surface area contributed by atoms with Crippen molar-refractivity contribution in [3.8, 4) is 0 Å². The molecule has 180 valence electrons. The maximum absolute atomic E-state index is 12.6. The summed E-state index contributed by atoms with van der Waals surface area (Å²) in [5, 5.41) is 7.73. The maximum Gasteiger partial charge on any atom is 0.408 e. The van der Waals surface area contributed by atoms with E-state index in [1.54, 1.807) is 48.5 Å². The fourth-order valence-electron chi connectivity index (χ4n) is 2.34. The highest BCUT2D eigenvalue weighted by molar-refractivity contribution is 5.89. The van der Waals surface area contributed by atoms with Crippen molar-refractivity contribution in [2.75, 3.05) is 13.2 Å². The Labute approximate surface area is 185 Å². The summed E-state index contributed by atoms with van der Waals surface area (Å²) in [6.45, 7) is 14.2. The average molecular weight is 446 g/mol. The summed E-state index contributed by atoms with van der Waals surface area (Å²) in [5.74, 6) is -1.08. The van der Waals surface area contributed by atoms with Crippen LogP contribution in [0, 0.1) is 0 Å². The van der Waals surface area contributed by atoms with E-state index in [1.807, 2.05) is 0 Å². The molecule has 10 heteroatoms. The molecular weight excluding hydrogens is 406 g/mol. The van der Waals surface area contributed by atoms with Crippen LogP contribution in [0.4, 0.5) is 9.59 Å². The molecule has 0 saturated carbocycles. The van der Waals surface area contributed by atoms with Crippen LogP contribution < -0.4 is 16.0 Å². The van der Waals surface area contributed by atoms with Gasteiger partial charge >= 0.3 is 18.2 Å². The number of carbonyl (C=O) groups is 4. The van der Waals surface area contributed by atoms with Crippen LogP contribution in [-0.4, -0.2) is 60.5 Å². The number of nitrogens with one attached hydrogen (secondary N) is 3. The molecule has 0 radical (unpaired) electrons. The first-order chi connectivity index (χ1) is 14.1. The van der Waals surface area contributed by atoms with Crippen LogP contribution in [0.25, 0.3) is 0 Å². The molecule has 0 fully saturated rings. The lowest BCUT2D eigenvalue weighted by Crippen LogP contribution is -2.51. The summed E-state index contributed by atoms with van der Waals surface area (Å²) in [6.07, 6.45) is 0.126. The Morgan fingerprint density at radius 3 is 1.90 bits per heavy atom. The molecule has 10 nitrogen and oxygen atoms in total. The summed E-state index contributed by atoms with van der Waals surface area (Å²) in [5.41, 5.74) is -1.30. The van der Waals surface area contributed by atoms with E-state index in [9.17, 15) is 19.2 Å². The zero-order chi connectivity index (χ0) is 24.2. The van der Waals surface area contributed by atoms with E-state index in [1.165, 1.54) is 6.92 Å². The summed E-state index contributed by atoms with van der Waals surface area (Å²) < 4.78 is 15.3. The Morgan fingerprint density at radius 2 is 1.39 bits per heavy atom. The van der Waals surface area contributed by atoms with Gasteiger partial charge in [-0.15, -0.1) is 0 Å². The summed E-state index contributed by atoms with van der Waals surface area (Å²) >= 11 is 0. The summed E-state index contributed by atoms with van der Waals surface area (Å²) in [7, 11) is 0. The molecule has 0 aromatic heterocycles. The molecule has 31 heavy (non-hydrogen) atoms. The SMILES string of the molecule is CCOC(=O)[C@H](C)NC(=O)[C@H](CCCCNC(=O)OC(C)(C)C)NC(=O)OC(C)(C)C. The standard InChI is InChI=1S/C21H39N3O7/c1-9-29-17(26)14(2)23-16(25)15(24-19(28)31-21(6,7)8)12-10-11-13-22-18(27)30-20(3,4)5/h14-15H,9-13H2,1-8H3,(H,22,27)(H,23,25)(H,24,28)/t14-,15-/m0/s1. The molecule has 0 spiro atoms. The lowest BCUT2D eigenvalue weighted by Gasteiger charge is -2.24. The fraction of sp³-hybridized carbons (Fsp3) is 0.810. The molecule has 0 saturated heterocycles. The van der Waals surface area contributed by atoms with Gasteiger partial charge in [-0.2, -0.15) is 0 Å². The molecule has 0 unspecified atom stereocenters. The van der Waals surface area contributed by atoms with Crippen molar-refractivity contribution < 1.29 is 33.4 Å². The van der Waals surface area contributed by atoms with Crippen molar-refractivity contribution in [3.05, 3.63) is 0 Å². The Hall–Kier alpha value is -2.52. The number of hydrogen-bond acceptors (Lipinski definition) is 7. The highest BCUT2D eigenvalue weighted by Crippen LogP contribution is 2.09. The number of unbranched alkanes of at least 4 members (excludes halogenated alkanes) is 1. The quantitative estimate of drug-likeness (QED) is 0.267. The molecule has 2 atom stereocenters. The van der Waals surface area contributed by atoms with Crippen molar-refractivity contribution in [3.63, 3.8) is 0 Å². The van der Waals surface area contributed by atoms with Crippen molar-refractivity contribution >= 4 is 24.1 Å². The minimum absolute atomic E-state index is 0.198. The van der Waals surface area contributed by atoms with Gasteiger partial charge in [0.25, 0.3) is 0 Å². The van der Waals surface area contributed by atoms with Gasteiger partial charge in [0.2, 0.25) is 5.91 Å². The molecule has 0 heterocycles. The molecule has 3 amide bonds. The second-order valence-electron chi connectivity index (χ2n) is 9.11. The van der Waals surface area contributed by atoms with Gasteiger partial charge in [0.15, 0.2) is 0 Å². The molecule has 0 aliphatic heterocycles. The Balaban J connectivity index is 4.77. The third-order valence-electron chi connectivity index (χ3n) is 3.59. The number of hydrogen-bond donors (Lipinski definition) is 3. The van der Waals surface area contributed by atoms with Crippen molar-refractivity contribution in [2.45, 2.75) is 97.9 Å². The Morgan fingerprint density at radius 1 is 0.839 bits per heavy atom. The van der Waals surface area contributed by atoms with Crippen LogP contribution in [0.1, 0.15) is 74.7 Å². The van der Waals surface area contributed by atoms with Gasteiger partial charge in [-0.1, -0.05) is 0 Å². The number of ether oxygens (including phenoxy) is 3. The monoisotopic (exact) mass is 445 g/mol. The van der Waals surface area contributed by atoms with Gasteiger partial charge in [-0.3, -0.25) is 4.79 Å².